The van der Waals surface area contributed by atoms with Gasteiger partial charge in [-0.25, -0.2) is 9.59 Å². The number of rotatable bonds is 15. The number of esters is 1. The van der Waals surface area contributed by atoms with Crippen LogP contribution >= 0.6 is 23.5 Å². The molecule has 5 unspecified atom stereocenters. The molecular weight excluding hydrogens is 925 g/mol. The Kier molecular flexibility index (Phi) is 19.1. The molecule has 25 heteroatoms. The second kappa shape index (κ2) is 22.7. The molecule has 67 heavy (non-hydrogen) atoms. The molecule has 6 saturated heterocycles. The van der Waals surface area contributed by atoms with Gasteiger partial charge in [0, 0.05) is 42.3 Å². The van der Waals surface area contributed by atoms with Gasteiger partial charge in [-0.05, 0) is 60.3 Å². The fraction of sp³-hybridized carbons (Fsp3) is 0.857. The summed E-state index contributed by atoms with van der Waals surface area (Å²) in [6, 6.07) is -0.738. The Morgan fingerprint density at radius 2 is 1.34 bits per heavy atom. The number of methoxy groups -OCH3 is 1. The summed E-state index contributed by atoms with van der Waals surface area (Å²) in [6.45, 7) is 8.63. The van der Waals surface area contributed by atoms with Crippen molar-refractivity contribution in [2.24, 2.45) is 5.92 Å². The second-order valence-electron chi connectivity index (χ2n) is 18.9. The predicted molar refractivity (Wildman–Crippen MR) is 242 cm³/mol. The van der Waals surface area contributed by atoms with Crippen LogP contribution in [-0.2, 0) is 33.4 Å². The number of carboxylic acid groups (broad SMARTS) is 1. The van der Waals surface area contributed by atoms with Crippen molar-refractivity contribution in [2.45, 2.75) is 187 Å². The quantitative estimate of drug-likeness (QED) is 0.0469. The van der Waals surface area contributed by atoms with Crippen LogP contribution in [0.1, 0.15) is 93.4 Å². The first kappa shape index (κ1) is 56.3. The number of carbonyl (C=O) groups is 6. The lowest BCUT2D eigenvalue weighted by atomic mass is 9.53. The Hall–Kier alpha value is -3.24. The third-order valence-electron chi connectivity index (χ3n) is 14.5. The third kappa shape index (κ3) is 11.9. The molecule has 0 bridgehead atoms. The van der Waals surface area contributed by atoms with Crippen molar-refractivity contribution >= 4 is 59.3 Å². The number of unbranched alkanes of at least 4 members (excludes halogenated alkanes) is 1. The van der Waals surface area contributed by atoms with Crippen LogP contribution < -0.4 is 31.9 Å². The fourth-order valence-corrected chi connectivity index (χ4v) is 13.1. The number of aliphatic hydroxyl groups excluding tert-OH is 5. The van der Waals surface area contributed by atoms with Gasteiger partial charge in [-0.2, -0.15) is 23.5 Å². The minimum Gasteiger partial charge on any atom is -0.481 e. The van der Waals surface area contributed by atoms with Gasteiger partial charge in [0.15, 0.2) is 6.29 Å². The van der Waals surface area contributed by atoms with Crippen LogP contribution in [0.2, 0.25) is 0 Å². The van der Waals surface area contributed by atoms with E-state index in [2.05, 4.69) is 31.9 Å². The summed E-state index contributed by atoms with van der Waals surface area (Å²) in [5, 5.41) is 96.5. The summed E-state index contributed by atoms with van der Waals surface area (Å²) < 4.78 is 16.4. The van der Waals surface area contributed by atoms with E-state index in [4.69, 9.17) is 24.4 Å². The maximum atomic E-state index is 13.2. The lowest BCUT2D eigenvalue weighted by Crippen LogP contribution is -2.89. The van der Waals surface area contributed by atoms with Crippen LogP contribution in [0, 0.1) is 5.92 Å². The maximum absolute atomic E-state index is 13.2. The van der Waals surface area contributed by atoms with Crippen molar-refractivity contribution < 1.29 is 83.8 Å². The number of amides is 6. The van der Waals surface area contributed by atoms with E-state index >= 15 is 0 Å². The van der Waals surface area contributed by atoms with E-state index in [1.54, 1.807) is 18.7 Å². The molecule has 384 valence electrons. The molecule has 6 rings (SSSR count). The SMILES string of the molecule is CC(=O)N[C@@H]1[C@@H](O)[C@H](O)[C@@H](CO)O[C@H]1O.COC(=O)C(CCCC1SC[C@@H]2NC(=O)N[C@H]12)[C@@]1(C)OC(C)(CO)[C@@](C)(O)C(C)(O)C1(C)NC(C)=O.O=C(O)CCCC[C@@H]1SC[C@@H]2NC(=O)N[C@@H]21. The highest BCUT2D eigenvalue weighted by atomic mass is 32.2. The molecule has 6 fully saturated rings. The Bertz CT molecular complexity index is 1790. The van der Waals surface area contributed by atoms with E-state index in [1.807, 2.05) is 11.8 Å². The minimum absolute atomic E-state index is 0.0127. The number of thioether (sulfide) groups is 2. The summed E-state index contributed by atoms with van der Waals surface area (Å²) in [7, 11) is 1.26. The molecule has 6 aliphatic heterocycles. The molecule has 14 N–H and O–H groups in total. The van der Waals surface area contributed by atoms with Gasteiger partial charge in [0.2, 0.25) is 11.8 Å². The van der Waals surface area contributed by atoms with Crippen molar-refractivity contribution in [3.63, 3.8) is 0 Å². The van der Waals surface area contributed by atoms with Crippen molar-refractivity contribution in [1.29, 1.82) is 0 Å². The Labute approximate surface area is 398 Å². The van der Waals surface area contributed by atoms with Crippen molar-refractivity contribution in [3.05, 3.63) is 0 Å². The molecule has 0 saturated carbocycles. The highest BCUT2D eigenvalue weighted by Crippen LogP contribution is 2.56. The molecule has 17 atom stereocenters. The Balaban J connectivity index is 0.000000259. The summed E-state index contributed by atoms with van der Waals surface area (Å²) >= 11 is 3.63. The van der Waals surface area contributed by atoms with Crippen LogP contribution in [-0.4, -0.2) is 202 Å². The van der Waals surface area contributed by atoms with Crippen molar-refractivity contribution in [2.75, 3.05) is 31.8 Å². The predicted octanol–water partition coefficient (Wildman–Crippen LogP) is -2.23. The number of aliphatic carboxylic acids is 1. The molecule has 6 heterocycles. The summed E-state index contributed by atoms with van der Waals surface area (Å²) in [5.41, 5.74) is -9.00. The number of hydrogen-bond donors (Lipinski definition) is 14. The molecule has 0 aliphatic carbocycles. The molecule has 0 aromatic heterocycles. The Morgan fingerprint density at radius 1 is 0.806 bits per heavy atom. The second-order valence-corrected chi connectivity index (χ2v) is 21.4. The number of fused-ring (bicyclic) bond motifs is 2. The van der Waals surface area contributed by atoms with Gasteiger partial charge in [-0.3, -0.25) is 19.2 Å². The molecule has 23 nitrogen and oxygen atoms in total. The number of urea groups is 2. The van der Waals surface area contributed by atoms with Gasteiger partial charge in [-0.15, -0.1) is 0 Å². The topological polar surface area (TPSA) is 364 Å². The smallest absolute Gasteiger partial charge is 0.315 e. The lowest BCUT2D eigenvalue weighted by molar-refractivity contribution is -0.376. The maximum Gasteiger partial charge on any atom is 0.315 e. The monoisotopic (exact) mass is 996 g/mol. The molecule has 0 spiro atoms. The van der Waals surface area contributed by atoms with Crippen LogP contribution in [0.3, 0.4) is 0 Å². The van der Waals surface area contributed by atoms with Gasteiger partial charge in [0.05, 0.1) is 55.9 Å². The number of ether oxygens (including phenoxy) is 3. The van der Waals surface area contributed by atoms with Gasteiger partial charge in [0.25, 0.3) is 0 Å². The molecule has 0 radical (unpaired) electrons. The summed E-state index contributed by atoms with van der Waals surface area (Å²) in [6.07, 6.45) is -0.798. The molecule has 6 aliphatic rings. The highest BCUT2D eigenvalue weighted by molar-refractivity contribution is 8.00. The van der Waals surface area contributed by atoms with E-state index in [9.17, 15) is 59.4 Å². The van der Waals surface area contributed by atoms with Crippen LogP contribution in [0.5, 0.6) is 0 Å². The number of hydrogen-bond acceptors (Lipinski definition) is 18. The number of nitrogens with one attached hydrogen (secondary N) is 6. The molecule has 0 aromatic carbocycles. The van der Waals surface area contributed by atoms with Gasteiger partial charge < -0.3 is 87.0 Å². The summed E-state index contributed by atoms with van der Waals surface area (Å²) in [5.74, 6) is -1.47. The normalized spacial score (nSPS) is 41.0. The highest BCUT2D eigenvalue weighted by Gasteiger charge is 2.76. The van der Waals surface area contributed by atoms with Crippen LogP contribution in [0.4, 0.5) is 9.59 Å². The number of aliphatic hydroxyl groups is 7. The van der Waals surface area contributed by atoms with Gasteiger partial charge in [0.1, 0.15) is 46.8 Å². The van der Waals surface area contributed by atoms with Crippen molar-refractivity contribution in [1.82, 2.24) is 31.9 Å². The Morgan fingerprint density at radius 3 is 1.81 bits per heavy atom. The van der Waals surface area contributed by atoms with Gasteiger partial charge >= 0.3 is 24.0 Å². The zero-order valence-corrected chi connectivity index (χ0v) is 40.9. The zero-order chi connectivity index (χ0) is 50.4. The average Bonchev–Trinajstić information content (AvgIpc) is 4.02. The zero-order valence-electron chi connectivity index (χ0n) is 39.3. The first-order valence-electron chi connectivity index (χ1n) is 22.4. The fourth-order valence-electron chi connectivity index (χ4n) is 10.0. The minimum atomic E-state index is -2.04. The molecule has 0 aromatic rings. The van der Waals surface area contributed by atoms with E-state index < -0.39 is 101 Å². The van der Waals surface area contributed by atoms with E-state index in [0.29, 0.717) is 18.1 Å². The largest absolute Gasteiger partial charge is 0.481 e. The van der Waals surface area contributed by atoms with E-state index in [-0.39, 0.29) is 54.3 Å². The van der Waals surface area contributed by atoms with Crippen LogP contribution in [0.15, 0.2) is 0 Å². The van der Waals surface area contributed by atoms with Gasteiger partial charge in [-0.1, -0.05) is 12.8 Å². The van der Waals surface area contributed by atoms with E-state index in [0.717, 1.165) is 30.8 Å². The lowest BCUT2D eigenvalue weighted by Gasteiger charge is -2.68. The summed E-state index contributed by atoms with van der Waals surface area (Å²) in [4.78, 5) is 69.5. The van der Waals surface area contributed by atoms with Crippen LogP contribution in [0.25, 0.3) is 0 Å². The number of carbonyl (C=O) groups excluding carboxylic acids is 5. The first-order chi connectivity index (χ1) is 31.1. The average molecular weight is 997 g/mol. The standard InChI is InChI=1S/C24H41N3O8S.C10H16N2O3S.C8H15NO6/c1-13(29)27-22(4)21(3,35-20(2,12-28)23(5,32)24(22,6)33)14(18(30)34-7)9-8-10-16-17-15(11-36-16)25-19(31)26-17;13-8(14)4-2-1-3-7-9-6(5-16-7)11-10(15)12-9;1-3(11)9-5-7(13)6(12)4(2-10)15-8(5)14/h14-17,28,32-33H,8-12H2,1-7H3,(H,27,29)(H2,25,26,31);6-7,9H,1-5H2,(H,13,14)(H2,11,12,15);4-8,10,12-14H,2H2,1H3,(H,9,11)/t14?,15-,16?,17-,20?,21+,22?,23+,24?;6-,7-,9-;4-,5-,6-,7-,8-/m001/s1. The number of carboxylic acids is 1. The molecular formula is C42H72N6O17S2. The third-order valence-corrected chi connectivity index (χ3v) is 17.5. The van der Waals surface area contributed by atoms with Crippen molar-refractivity contribution in [3.8, 4) is 0 Å². The molecule has 6 amide bonds. The first-order valence-corrected chi connectivity index (χ1v) is 24.5. The van der Waals surface area contributed by atoms with E-state index in [1.165, 1.54) is 48.7 Å².